The molecular weight excluding hydrogens is 172 g/mol. The van der Waals surface area contributed by atoms with E-state index in [1.54, 1.807) is 0 Å². The highest BCUT2D eigenvalue weighted by molar-refractivity contribution is 4.98. The molecule has 0 saturated carbocycles. The van der Waals surface area contributed by atoms with Crippen molar-refractivity contribution in [1.82, 2.24) is 0 Å². The second kappa shape index (κ2) is 6.09. The zero-order valence-electron chi connectivity index (χ0n) is 10.3. The summed E-state index contributed by atoms with van der Waals surface area (Å²) in [5.41, 5.74) is -0.141. The van der Waals surface area contributed by atoms with Crippen molar-refractivity contribution < 1.29 is 4.74 Å². The van der Waals surface area contributed by atoms with Gasteiger partial charge in [0.25, 0.3) is 0 Å². The molecule has 0 spiro atoms. The van der Waals surface area contributed by atoms with Gasteiger partial charge in [0.05, 0.1) is 5.60 Å². The Hall–Kier alpha value is -0.480. The van der Waals surface area contributed by atoms with Crippen LogP contribution in [0.25, 0.3) is 0 Å². The molecule has 0 aromatic carbocycles. The molecule has 0 aromatic heterocycles. The maximum absolute atomic E-state index is 5.81. The molecule has 0 N–H and O–H groups in total. The molecule has 0 aliphatic heterocycles. The van der Waals surface area contributed by atoms with Gasteiger partial charge in [-0.15, -0.1) is 6.42 Å². The van der Waals surface area contributed by atoms with E-state index in [1.807, 2.05) is 20.8 Å². The molecule has 1 nitrogen and oxygen atoms in total. The molecule has 0 fully saturated rings. The first-order chi connectivity index (χ1) is 6.40. The van der Waals surface area contributed by atoms with E-state index in [9.17, 15) is 0 Å². The van der Waals surface area contributed by atoms with Crippen LogP contribution in [0.4, 0.5) is 0 Å². The third-order valence-corrected chi connectivity index (χ3v) is 2.17. The van der Waals surface area contributed by atoms with Gasteiger partial charge in [-0.05, 0) is 33.1 Å². The number of ether oxygens (including phenoxy) is 1. The number of hydrogen-bond donors (Lipinski definition) is 0. The van der Waals surface area contributed by atoms with Crippen molar-refractivity contribution in [1.29, 1.82) is 0 Å². The smallest absolute Gasteiger partial charge is 0.121 e. The first-order valence-corrected chi connectivity index (χ1v) is 5.54. The van der Waals surface area contributed by atoms with Crippen LogP contribution in [0, 0.1) is 18.3 Å². The first-order valence-electron chi connectivity index (χ1n) is 5.54. The van der Waals surface area contributed by atoms with Gasteiger partial charge in [0.1, 0.15) is 6.10 Å². The molecule has 0 aromatic rings. The molecule has 0 bridgehead atoms. The maximum atomic E-state index is 5.81. The summed E-state index contributed by atoms with van der Waals surface area (Å²) in [6.45, 7) is 10.5. The summed E-state index contributed by atoms with van der Waals surface area (Å²) >= 11 is 0. The summed E-state index contributed by atoms with van der Waals surface area (Å²) in [6, 6.07) is 0. The lowest BCUT2D eigenvalue weighted by atomic mass is 9.97. The monoisotopic (exact) mass is 196 g/mol. The topological polar surface area (TPSA) is 9.23 Å². The Labute approximate surface area is 89.2 Å². The lowest BCUT2D eigenvalue weighted by Gasteiger charge is -2.28. The number of terminal acetylenes is 1. The fraction of sp³-hybridized carbons (Fsp3) is 0.846. The van der Waals surface area contributed by atoms with Crippen LogP contribution in [0.5, 0.6) is 0 Å². The molecule has 0 aliphatic carbocycles. The molecule has 0 saturated heterocycles. The van der Waals surface area contributed by atoms with Gasteiger partial charge >= 0.3 is 0 Å². The average molecular weight is 196 g/mol. The normalized spacial score (nSPS) is 16.0. The predicted molar refractivity (Wildman–Crippen MR) is 62.1 cm³/mol. The van der Waals surface area contributed by atoms with Crippen molar-refractivity contribution in [3.8, 4) is 12.3 Å². The van der Waals surface area contributed by atoms with E-state index in [-0.39, 0.29) is 11.7 Å². The van der Waals surface area contributed by atoms with Gasteiger partial charge in [-0.3, -0.25) is 0 Å². The van der Waals surface area contributed by atoms with Gasteiger partial charge in [0, 0.05) is 0 Å². The Balaban J connectivity index is 4.08. The minimum atomic E-state index is -0.141. The van der Waals surface area contributed by atoms with E-state index in [0.717, 1.165) is 6.42 Å². The molecule has 2 atom stereocenters. The highest BCUT2D eigenvalue weighted by atomic mass is 16.5. The third kappa shape index (κ3) is 6.05. The SMILES string of the molecule is C#CC(OC(C)(C)C)C(C)CCCC. The second-order valence-electron chi connectivity index (χ2n) is 4.94. The molecule has 1 heteroatoms. The summed E-state index contributed by atoms with van der Waals surface area (Å²) in [4.78, 5) is 0. The average Bonchev–Trinajstić information content (AvgIpc) is 2.08. The first kappa shape index (κ1) is 13.5. The fourth-order valence-electron chi connectivity index (χ4n) is 1.37. The van der Waals surface area contributed by atoms with Gasteiger partial charge in [-0.2, -0.15) is 0 Å². The summed E-state index contributed by atoms with van der Waals surface area (Å²) < 4.78 is 5.81. The van der Waals surface area contributed by atoms with E-state index < -0.39 is 0 Å². The second-order valence-corrected chi connectivity index (χ2v) is 4.94. The summed E-state index contributed by atoms with van der Waals surface area (Å²) in [6.07, 6.45) is 9.04. The predicted octanol–water partition coefficient (Wildman–Crippen LogP) is 3.63. The molecule has 0 heterocycles. The van der Waals surface area contributed by atoms with Crippen molar-refractivity contribution >= 4 is 0 Å². The van der Waals surface area contributed by atoms with Gasteiger partial charge in [-0.25, -0.2) is 0 Å². The molecule has 2 unspecified atom stereocenters. The molecule has 0 aliphatic rings. The number of hydrogen-bond acceptors (Lipinski definition) is 1. The van der Waals surface area contributed by atoms with Crippen LogP contribution in [-0.2, 0) is 4.74 Å². The van der Waals surface area contributed by atoms with Crippen LogP contribution in [0.15, 0.2) is 0 Å². The van der Waals surface area contributed by atoms with Crippen molar-refractivity contribution in [2.75, 3.05) is 0 Å². The highest BCUT2D eigenvalue weighted by Crippen LogP contribution is 2.20. The highest BCUT2D eigenvalue weighted by Gasteiger charge is 2.21. The minimum Gasteiger partial charge on any atom is -0.360 e. The molecule has 0 amide bonds. The molecule has 14 heavy (non-hydrogen) atoms. The van der Waals surface area contributed by atoms with Crippen LogP contribution in [0.2, 0.25) is 0 Å². The Bertz CT molecular complexity index is 182. The van der Waals surface area contributed by atoms with Crippen LogP contribution in [-0.4, -0.2) is 11.7 Å². The third-order valence-electron chi connectivity index (χ3n) is 2.17. The number of unbranched alkanes of at least 4 members (excludes halogenated alkanes) is 1. The quantitative estimate of drug-likeness (QED) is 0.610. The Kier molecular flexibility index (Phi) is 5.88. The zero-order chi connectivity index (χ0) is 11.2. The lowest BCUT2D eigenvalue weighted by Crippen LogP contribution is -2.30. The van der Waals surface area contributed by atoms with E-state index in [4.69, 9.17) is 11.2 Å². The minimum absolute atomic E-state index is 0.0402. The Morgan fingerprint density at radius 2 is 1.93 bits per heavy atom. The van der Waals surface area contributed by atoms with E-state index >= 15 is 0 Å². The summed E-state index contributed by atoms with van der Waals surface area (Å²) in [7, 11) is 0. The van der Waals surface area contributed by atoms with Gasteiger partial charge in [-0.1, -0.05) is 32.6 Å². The van der Waals surface area contributed by atoms with Crippen LogP contribution >= 0.6 is 0 Å². The fourth-order valence-corrected chi connectivity index (χ4v) is 1.37. The van der Waals surface area contributed by atoms with E-state index in [2.05, 4.69) is 19.8 Å². The maximum Gasteiger partial charge on any atom is 0.121 e. The molecule has 82 valence electrons. The van der Waals surface area contributed by atoms with Crippen LogP contribution in [0.1, 0.15) is 53.9 Å². The number of rotatable bonds is 5. The summed E-state index contributed by atoms with van der Waals surface area (Å²) in [5, 5.41) is 0. The Morgan fingerprint density at radius 3 is 2.29 bits per heavy atom. The van der Waals surface area contributed by atoms with Gasteiger partial charge < -0.3 is 4.74 Å². The Morgan fingerprint density at radius 1 is 1.36 bits per heavy atom. The molecular formula is C13H24O. The van der Waals surface area contributed by atoms with E-state index in [0.29, 0.717) is 5.92 Å². The van der Waals surface area contributed by atoms with E-state index in [1.165, 1.54) is 12.8 Å². The van der Waals surface area contributed by atoms with Gasteiger partial charge in [0.2, 0.25) is 0 Å². The van der Waals surface area contributed by atoms with Crippen molar-refractivity contribution in [3.63, 3.8) is 0 Å². The van der Waals surface area contributed by atoms with Crippen molar-refractivity contribution in [2.24, 2.45) is 5.92 Å². The summed E-state index contributed by atoms with van der Waals surface area (Å²) in [5.74, 6) is 3.20. The van der Waals surface area contributed by atoms with Gasteiger partial charge in [0.15, 0.2) is 0 Å². The van der Waals surface area contributed by atoms with Crippen molar-refractivity contribution in [2.45, 2.75) is 65.6 Å². The van der Waals surface area contributed by atoms with Crippen molar-refractivity contribution in [3.05, 3.63) is 0 Å². The molecule has 0 rings (SSSR count). The zero-order valence-corrected chi connectivity index (χ0v) is 10.3. The largest absolute Gasteiger partial charge is 0.360 e. The molecule has 0 radical (unpaired) electrons. The van der Waals surface area contributed by atoms with Crippen LogP contribution < -0.4 is 0 Å². The standard InChI is InChI=1S/C13H24O/c1-7-9-10-11(3)12(8-2)14-13(4,5)6/h2,11-12H,7,9-10H2,1,3-6H3. The van der Waals surface area contributed by atoms with Crippen LogP contribution in [0.3, 0.4) is 0 Å². The lowest BCUT2D eigenvalue weighted by molar-refractivity contribution is -0.0557.